The normalized spacial score (nSPS) is 14.0. The SMILES string of the molecule is O=C(O)[C@@H](O)CNS(=O)(=O)c1cccnc1C(F)(F)F. The Morgan fingerprint density at radius 1 is 1.45 bits per heavy atom. The third-order valence-corrected chi connectivity index (χ3v) is 3.54. The molecule has 0 amide bonds. The number of aliphatic hydroxyl groups excluding tert-OH is 1. The van der Waals surface area contributed by atoms with E-state index in [0.717, 1.165) is 12.3 Å². The molecule has 0 unspecified atom stereocenters. The molecule has 0 spiro atoms. The Hall–Kier alpha value is -1.72. The molecule has 0 aliphatic carbocycles. The highest BCUT2D eigenvalue weighted by Crippen LogP contribution is 2.31. The Kier molecular flexibility index (Phi) is 4.68. The van der Waals surface area contributed by atoms with Crippen molar-refractivity contribution < 1.29 is 36.6 Å². The van der Waals surface area contributed by atoms with Crippen LogP contribution in [0.25, 0.3) is 0 Å². The largest absolute Gasteiger partial charge is 0.479 e. The highest BCUT2D eigenvalue weighted by molar-refractivity contribution is 7.89. The van der Waals surface area contributed by atoms with E-state index < -0.39 is 45.4 Å². The number of aliphatic hydroxyl groups is 1. The Labute approximate surface area is 111 Å². The van der Waals surface area contributed by atoms with E-state index in [2.05, 4.69) is 4.98 Å². The van der Waals surface area contributed by atoms with Crippen molar-refractivity contribution in [3.63, 3.8) is 0 Å². The second-order valence-corrected chi connectivity index (χ2v) is 5.29. The lowest BCUT2D eigenvalue weighted by Gasteiger charge is -2.13. The first-order valence-electron chi connectivity index (χ1n) is 4.98. The van der Waals surface area contributed by atoms with Crippen LogP contribution in [0.2, 0.25) is 0 Å². The van der Waals surface area contributed by atoms with Crippen molar-refractivity contribution in [3.8, 4) is 0 Å². The van der Waals surface area contributed by atoms with Crippen LogP contribution in [0.1, 0.15) is 5.69 Å². The van der Waals surface area contributed by atoms with Gasteiger partial charge in [-0.2, -0.15) is 13.2 Å². The summed E-state index contributed by atoms with van der Waals surface area (Å²) in [4.78, 5) is 12.1. The maximum atomic E-state index is 12.6. The smallest absolute Gasteiger partial charge is 0.434 e. The number of rotatable bonds is 5. The molecule has 0 aliphatic heterocycles. The molecular formula is C9H9F3N2O5S. The monoisotopic (exact) mass is 314 g/mol. The number of nitrogens with zero attached hydrogens (tertiary/aromatic N) is 1. The molecule has 0 saturated heterocycles. The molecule has 1 atom stereocenters. The van der Waals surface area contributed by atoms with Crippen molar-refractivity contribution in [2.24, 2.45) is 0 Å². The van der Waals surface area contributed by atoms with Crippen LogP contribution < -0.4 is 4.72 Å². The minimum atomic E-state index is -4.99. The number of halogens is 3. The van der Waals surface area contributed by atoms with E-state index in [1.54, 1.807) is 4.72 Å². The molecule has 1 aromatic rings. The standard InChI is InChI=1S/C9H9F3N2O5S/c10-9(11,12)7-6(2-1-3-13-7)20(18,19)14-4-5(15)8(16)17/h1-3,5,14-15H,4H2,(H,16,17)/t5-/m0/s1. The number of hydrogen-bond acceptors (Lipinski definition) is 5. The van der Waals surface area contributed by atoms with Crippen LogP contribution in [-0.2, 0) is 21.0 Å². The van der Waals surface area contributed by atoms with Gasteiger partial charge in [-0.15, -0.1) is 0 Å². The molecule has 0 aromatic carbocycles. The van der Waals surface area contributed by atoms with Crippen LogP contribution in [0.4, 0.5) is 13.2 Å². The van der Waals surface area contributed by atoms with Crippen molar-refractivity contribution in [1.82, 2.24) is 9.71 Å². The highest BCUT2D eigenvalue weighted by Gasteiger charge is 2.39. The molecule has 112 valence electrons. The van der Waals surface area contributed by atoms with E-state index in [0.29, 0.717) is 6.07 Å². The lowest BCUT2D eigenvalue weighted by atomic mass is 10.3. The minimum Gasteiger partial charge on any atom is -0.479 e. The molecule has 1 rings (SSSR count). The summed E-state index contributed by atoms with van der Waals surface area (Å²) >= 11 is 0. The van der Waals surface area contributed by atoms with Gasteiger partial charge >= 0.3 is 12.1 Å². The summed E-state index contributed by atoms with van der Waals surface area (Å²) in [6.45, 7) is -0.968. The van der Waals surface area contributed by atoms with E-state index >= 15 is 0 Å². The van der Waals surface area contributed by atoms with E-state index in [9.17, 15) is 26.4 Å². The van der Waals surface area contributed by atoms with Crippen molar-refractivity contribution in [3.05, 3.63) is 24.0 Å². The van der Waals surface area contributed by atoms with Crippen LogP contribution in [0.3, 0.4) is 0 Å². The van der Waals surface area contributed by atoms with Gasteiger partial charge in [0.25, 0.3) is 0 Å². The number of carboxylic acids is 1. The average Bonchev–Trinajstić information content (AvgIpc) is 2.35. The summed E-state index contributed by atoms with van der Waals surface area (Å²) in [5, 5.41) is 17.3. The van der Waals surface area contributed by atoms with E-state index in [-0.39, 0.29) is 0 Å². The molecule has 0 fully saturated rings. The lowest BCUT2D eigenvalue weighted by molar-refractivity contribution is -0.146. The summed E-state index contributed by atoms with van der Waals surface area (Å²) in [5.74, 6) is -1.71. The summed E-state index contributed by atoms with van der Waals surface area (Å²) in [5.41, 5.74) is -1.63. The second-order valence-electron chi connectivity index (χ2n) is 3.55. The van der Waals surface area contributed by atoms with E-state index in [1.165, 1.54) is 0 Å². The van der Waals surface area contributed by atoms with Crippen molar-refractivity contribution in [1.29, 1.82) is 0 Å². The van der Waals surface area contributed by atoms with Crippen molar-refractivity contribution in [2.45, 2.75) is 17.2 Å². The number of carboxylic acid groups (broad SMARTS) is 1. The molecule has 3 N–H and O–H groups in total. The van der Waals surface area contributed by atoms with Gasteiger partial charge in [-0.3, -0.25) is 4.98 Å². The molecule has 0 saturated carbocycles. The predicted octanol–water partition coefficient (Wildman–Crippen LogP) is -0.176. The number of nitrogens with one attached hydrogen (secondary N) is 1. The first-order chi connectivity index (χ1) is 9.05. The minimum absolute atomic E-state index is 0.672. The Bertz CT molecular complexity index is 602. The molecule has 0 radical (unpaired) electrons. The van der Waals surface area contributed by atoms with Gasteiger partial charge in [0.1, 0.15) is 4.90 Å². The Morgan fingerprint density at radius 2 is 2.05 bits per heavy atom. The van der Waals surface area contributed by atoms with Crippen LogP contribution >= 0.6 is 0 Å². The summed E-state index contributed by atoms with van der Waals surface area (Å²) in [6, 6.07) is 1.66. The molecule has 1 heterocycles. The third-order valence-electron chi connectivity index (χ3n) is 2.08. The number of carbonyl (C=O) groups is 1. The van der Waals surface area contributed by atoms with Gasteiger partial charge in [0.05, 0.1) is 0 Å². The predicted molar refractivity (Wildman–Crippen MR) is 58.1 cm³/mol. The van der Waals surface area contributed by atoms with Crippen molar-refractivity contribution >= 4 is 16.0 Å². The first-order valence-corrected chi connectivity index (χ1v) is 6.47. The maximum Gasteiger partial charge on any atom is 0.434 e. The second kappa shape index (κ2) is 5.73. The zero-order valence-electron chi connectivity index (χ0n) is 9.63. The van der Waals surface area contributed by atoms with Gasteiger partial charge in [-0.25, -0.2) is 17.9 Å². The number of aromatic nitrogens is 1. The van der Waals surface area contributed by atoms with Crippen LogP contribution in [0, 0.1) is 0 Å². The quantitative estimate of drug-likeness (QED) is 0.694. The first kappa shape index (κ1) is 16.3. The van der Waals surface area contributed by atoms with Gasteiger partial charge < -0.3 is 10.2 Å². The topological polar surface area (TPSA) is 117 Å². The van der Waals surface area contributed by atoms with Crippen LogP contribution in [0.15, 0.2) is 23.2 Å². The van der Waals surface area contributed by atoms with Gasteiger partial charge in [-0.05, 0) is 12.1 Å². The number of sulfonamides is 1. The molecule has 0 aliphatic rings. The number of hydrogen-bond donors (Lipinski definition) is 3. The number of aliphatic carboxylic acids is 1. The Morgan fingerprint density at radius 3 is 2.55 bits per heavy atom. The fourth-order valence-corrected chi connectivity index (χ4v) is 2.39. The van der Waals surface area contributed by atoms with Gasteiger partial charge in [0.2, 0.25) is 10.0 Å². The van der Waals surface area contributed by atoms with Crippen LogP contribution in [0.5, 0.6) is 0 Å². The van der Waals surface area contributed by atoms with Crippen LogP contribution in [-0.4, -0.2) is 42.2 Å². The van der Waals surface area contributed by atoms with Gasteiger partial charge in [0, 0.05) is 12.7 Å². The third kappa shape index (κ3) is 3.88. The number of pyridine rings is 1. The highest BCUT2D eigenvalue weighted by atomic mass is 32.2. The molecule has 1 aromatic heterocycles. The lowest BCUT2D eigenvalue weighted by Crippen LogP contribution is -2.37. The number of alkyl halides is 3. The Balaban J connectivity index is 3.08. The van der Waals surface area contributed by atoms with E-state index in [1.807, 2.05) is 0 Å². The van der Waals surface area contributed by atoms with Crippen molar-refractivity contribution in [2.75, 3.05) is 6.54 Å². The molecule has 0 bridgehead atoms. The molecular weight excluding hydrogens is 305 g/mol. The van der Waals surface area contributed by atoms with Gasteiger partial charge in [-0.1, -0.05) is 0 Å². The fourth-order valence-electron chi connectivity index (χ4n) is 1.17. The summed E-state index contributed by atoms with van der Waals surface area (Å²) in [7, 11) is -4.66. The fraction of sp³-hybridized carbons (Fsp3) is 0.333. The summed E-state index contributed by atoms with van der Waals surface area (Å²) in [6.07, 6.45) is -6.29. The van der Waals surface area contributed by atoms with E-state index in [4.69, 9.17) is 10.2 Å². The zero-order valence-corrected chi connectivity index (χ0v) is 10.4. The van der Waals surface area contributed by atoms with Gasteiger partial charge in [0.15, 0.2) is 11.8 Å². The molecule has 11 heteroatoms. The maximum absolute atomic E-state index is 12.6. The molecule has 7 nitrogen and oxygen atoms in total. The summed E-state index contributed by atoms with van der Waals surface area (Å²) < 4.78 is 62.7. The zero-order chi connectivity index (χ0) is 15.6. The average molecular weight is 314 g/mol. The molecule has 20 heavy (non-hydrogen) atoms.